The van der Waals surface area contributed by atoms with Crippen LogP contribution < -0.4 is 5.32 Å². The lowest BCUT2D eigenvalue weighted by Gasteiger charge is -2.28. The van der Waals surface area contributed by atoms with Gasteiger partial charge in [-0.3, -0.25) is 4.79 Å². The fourth-order valence-corrected chi connectivity index (χ4v) is 2.86. The minimum absolute atomic E-state index is 0.0881. The van der Waals surface area contributed by atoms with Gasteiger partial charge in [-0.05, 0) is 37.3 Å². The maximum absolute atomic E-state index is 12.1. The standard InChI is InChI=1S/C13H16Cl2N2O2/c14-11-5-4-10(12(15)17-11)13(19)16-9-3-1-2-8(6-9)7-18/h4-5,8-9,18H,1-3,6-7H2,(H,16,19). The van der Waals surface area contributed by atoms with Gasteiger partial charge in [-0.2, -0.15) is 0 Å². The lowest BCUT2D eigenvalue weighted by atomic mass is 9.86. The third-order valence-corrected chi connectivity index (χ3v) is 3.93. The highest BCUT2D eigenvalue weighted by Gasteiger charge is 2.24. The molecule has 2 atom stereocenters. The van der Waals surface area contributed by atoms with Crippen molar-refractivity contribution in [2.24, 2.45) is 5.92 Å². The molecule has 19 heavy (non-hydrogen) atoms. The van der Waals surface area contributed by atoms with Gasteiger partial charge in [-0.25, -0.2) is 4.98 Å². The molecule has 0 aromatic carbocycles. The van der Waals surface area contributed by atoms with E-state index in [1.54, 1.807) is 12.1 Å². The molecule has 2 unspecified atom stereocenters. The summed E-state index contributed by atoms with van der Waals surface area (Å²) in [4.78, 5) is 15.9. The number of carbonyl (C=O) groups is 1. The van der Waals surface area contributed by atoms with Crippen molar-refractivity contribution in [3.8, 4) is 0 Å². The summed E-state index contributed by atoms with van der Waals surface area (Å²) in [5, 5.41) is 12.5. The fraction of sp³-hybridized carbons (Fsp3) is 0.538. The summed E-state index contributed by atoms with van der Waals surface area (Å²) in [6, 6.07) is 3.20. The van der Waals surface area contributed by atoms with E-state index in [2.05, 4.69) is 10.3 Å². The molecule has 1 saturated carbocycles. The SMILES string of the molecule is O=C(NC1CCCC(CO)C1)c1ccc(Cl)nc1Cl. The average molecular weight is 303 g/mol. The average Bonchev–Trinajstić information content (AvgIpc) is 2.38. The van der Waals surface area contributed by atoms with Gasteiger partial charge in [0.15, 0.2) is 0 Å². The summed E-state index contributed by atoms with van der Waals surface area (Å²) in [6.07, 6.45) is 3.77. The second-order valence-electron chi connectivity index (χ2n) is 4.86. The molecular weight excluding hydrogens is 287 g/mol. The van der Waals surface area contributed by atoms with Crippen molar-refractivity contribution < 1.29 is 9.90 Å². The summed E-state index contributed by atoms with van der Waals surface area (Å²) < 4.78 is 0. The molecule has 1 amide bonds. The number of nitrogens with one attached hydrogen (secondary N) is 1. The van der Waals surface area contributed by atoms with Crippen molar-refractivity contribution >= 4 is 29.1 Å². The van der Waals surface area contributed by atoms with Gasteiger partial charge in [0.25, 0.3) is 5.91 Å². The van der Waals surface area contributed by atoms with Gasteiger partial charge in [0.1, 0.15) is 10.3 Å². The van der Waals surface area contributed by atoms with E-state index in [-0.39, 0.29) is 34.8 Å². The first kappa shape index (κ1) is 14.6. The maximum atomic E-state index is 12.1. The number of amides is 1. The first-order valence-electron chi connectivity index (χ1n) is 6.34. The third kappa shape index (κ3) is 3.81. The number of pyridine rings is 1. The number of hydrogen-bond acceptors (Lipinski definition) is 3. The van der Waals surface area contributed by atoms with Crippen LogP contribution in [0.1, 0.15) is 36.0 Å². The van der Waals surface area contributed by atoms with E-state index < -0.39 is 0 Å². The van der Waals surface area contributed by atoms with Crippen LogP contribution in [0.4, 0.5) is 0 Å². The number of aliphatic hydroxyl groups is 1. The van der Waals surface area contributed by atoms with Crippen molar-refractivity contribution in [3.63, 3.8) is 0 Å². The van der Waals surface area contributed by atoms with Crippen LogP contribution in [-0.2, 0) is 0 Å². The van der Waals surface area contributed by atoms with Crippen molar-refractivity contribution in [3.05, 3.63) is 28.0 Å². The first-order chi connectivity index (χ1) is 9.10. The predicted octanol–water partition coefficient (Wildman–Crippen LogP) is 2.67. The van der Waals surface area contributed by atoms with Crippen molar-refractivity contribution in [2.45, 2.75) is 31.7 Å². The van der Waals surface area contributed by atoms with Crippen LogP contribution >= 0.6 is 23.2 Å². The zero-order valence-electron chi connectivity index (χ0n) is 10.4. The third-order valence-electron chi connectivity index (χ3n) is 3.44. The highest BCUT2D eigenvalue weighted by atomic mass is 35.5. The van der Waals surface area contributed by atoms with Gasteiger partial charge in [0.05, 0.1) is 5.56 Å². The van der Waals surface area contributed by atoms with E-state index in [0.29, 0.717) is 5.56 Å². The van der Waals surface area contributed by atoms with Crippen molar-refractivity contribution in [1.29, 1.82) is 0 Å². The van der Waals surface area contributed by atoms with Gasteiger partial charge in [-0.1, -0.05) is 29.6 Å². The Balaban J connectivity index is 2.00. The molecule has 2 rings (SSSR count). The Morgan fingerprint density at radius 2 is 2.21 bits per heavy atom. The summed E-state index contributed by atoms with van der Waals surface area (Å²) >= 11 is 11.6. The summed E-state index contributed by atoms with van der Waals surface area (Å²) in [5.74, 6) is 0.0376. The second-order valence-corrected chi connectivity index (χ2v) is 5.60. The van der Waals surface area contributed by atoms with E-state index in [1.807, 2.05) is 0 Å². The minimum Gasteiger partial charge on any atom is -0.396 e. The van der Waals surface area contributed by atoms with E-state index in [4.69, 9.17) is 23.2 Å². The Morgan fingerprint density at radius 1 is 1.42 bits per heavy atom. The minimum atomic E-state index is -0.238. The van der Waals surface area contributed by atoms with Crippen LogP contribution in [0.25, 0.3) is 0 Å². The van der Waals surface area contributed by atoms with E-state index in [1.165, 1.54) is 0 Å². The maximum Gasteiger partial charge on any atom is 0.254 e. The Morgan fingerprint density at radius 3 is 2.89 bits per heavy atom. The first-order valence-corrected chi connectivity index (χ1v) is 7.09. The molecule has 1 aromatic heterocycles. The van der Waals surface area contributed by atoms with Crippen LogP contribution in [0.2, 0.25) is 10.3 Å². The lowest BCUT2D eigenvalue weighted by molar-refractivity contribution is 0.0905. The summed E-state index contributed by atoms with van der Waals surface area (Å²) in [7, 11) is 0. The Kier molecular flexibility index (Phi) is 5.02. The number of hydrogen-bond donors (Lipinski definition) is 2. The van der Waals surface area contributed by atoms with Gasteiger partial charge < -0.3 is 10.4 Å². The van der Waals surface area contributed by atoms with Crippen molar-refractivity contribution in [2.75, 3.05) is 6.61 Å². The van der Waals surface area contributed by atoms with Crippen LogP contribution in [-0.4, -0.2) is 28.6 Å². The number of aromatic nitrogens is 1. The largest absolute Gasteiger partial charge is 0.396 e. The molecule has 2 N–H and O–H groups in total. The highest BCUT2D eigenvalue weighted by molar-refractivity contribution is 6.34. The fourth-order valence-electron chi connectivity index (χ4n) is 2.43. The number of halogens is 2. The van der Waals surface area contributed by atoms with Gasteiger partial charge in [0.2, 0.25) is 0 Å². The van der Waals surface area contributed by atoms with Crippen LogP contribution in [0.3, 0.4) is 0 Å². The van der Waals surface area contributed by atoms with Crippen LogP contribution in [0.5, 0.6) is 0 Å². The molecule has 1 aliphatic rings. The zero-order valence-corrected chi connectivity index (χ0v) is 11.9. The van der Waals surface area contributed by atoms with Crippen LogP contribution in [0.15, 0.2) is 12.1 Å². The van der Waals surface area contributed by atoms with Gasteiger partial charge in [-0.15, -0.1) is 0 Å². The van der Waals surface area contributed by atoms with Gasteiger partial charge >= 0.3 is 0 Å². The molecular formula is C13H16Cl2N2O2. The quantitative estimate of drug-likeness (QED) is 0.844. The lowest BCUT2D eigenvalue weighted by Crippen LogP contribution is -2.39. The number of aliphatic hydroxyl groups excluding tert-OH is 1. The Hall–Kier alpha value is -0.840. The molecule has 4 nitrogen and oxygen atoms in total. The molecule has 1 aliphatic carbocycles. The topological polar surface area (TPSA) is 62.2 Å². The van der Waals surface area contributed by atoms with Crippen LogP contribution in [0, 0.1) is 5.92 Å². The molecule has 6 heteroatoms. The highest BCUT2D eigenvalue weighted by Crippen LogP contribution is 2.24. The molecule has 104 valence electrons. The molecule has 1 aromatic rings. The predicted molar refractivity (Wildman–Crippen MR) is 74.6 cm³/mol. The van der Waals surface area contributed by atoms with Crippen molar-refractivity contribution in [1.82, 2.24) is 10.3 Å². The summed E-state index contributed by atoms with van der Waals surface area (Å²) in [5.41, 5.74) is 0.331. The molecule has 0 spiro atoms. The smallest absolute Gasteiger partial charge is 0.254 e. The molecule has 0 saturated heterocycles. The summed E-state index contributed by atoms with van der Waals surface area (Å²) in [6.45, 7) is 0.176. The molecule has 1 fully saturated rings. The normalized spacial score (nSPS) is 23.1. The zero-order chi connectivity index (χ0) is 13.8. The van der Waals surface area contributed by atoms with E-state index in [0.717, 1.165) is 25.7 Å². The molecule has 1 heterocycles. The molecule has 0 aliphatic heterocycles. The monoisotopic (exact) mass is 302 g/mol. The Labute approximate surface area is 122 Å². The number of nitrogens with zero attached hydrogens (tertiary/aromatic N) is 1. The van der Waals surface area contributed by atoms with E-state index in [9.17, 15) is 9.90 Å². The Bertz CT molecular complexity index is 468. The molecule has 0 radical (unpaired) electrons. The molecule has 0 bridgehead atoms. The number of rotatable bonds is 3. The number of carbonyl (C=O) groups excluding carboxylic acids is 1. The second kappa shape index (κ2) is 6.55. The van der Waals surface area contributed by atoms with Gasteiger partial charge in [0, 0.05) is 12.6 Å². The van der Waals surface area contributed by atoms with E-state index >= 15 is 0 Å².